The summed E-state index contributed by atoms with van der Waals surface area (Å²) in [5.74, 6) is 0.458. The maximum absolute atomic E-state index is 13.1. The van der Waals surface area contributed by atoms with E-state index >= 15 is 0 Å². The van der Waals surface area contributed by atoms with Crippen molar-refractivity contribution in [2.45, 2.75) is 25.4 Å². The molecule has 0 radical (unpaired) electrons. The third-order valence-corrected chi connectivity index (χ3v) is 6.16. The van der Waals surface area contributed by atoms with Gasteiger partial charge in [0.2, 0.25) is 5.91 Å². The number of nitrogens with zero attached hydrogens (tertiary/aromatic N) is 3. The van der Waals surface area contributed by atoms with E-state index in [1.807, 2.05) is 29.2 Å². The van der Waals surface area contributed by atoms with Crippen LogP contribution in [0.2, 0.25) is 0 Å². The normalized spacial score (nSPS) is 19.7. The van der Waals surface area contributed by atoms with Gasteiger partial charge in [-0.15, -0.1) is 0 Å². The van der Waals surface area contributed by atoms with Gasteiger partial charge in [0.25, 0.3) is 0 Å². The van der Waals surface area contributed by atoms with E-state index in [9.17, 15) is 14.0 Å². The summed E-state index contributed by atoms with van der Waals surface area (Å²) in [6.45, 7) is 3.81. The number of hydrogen-bond donors (Lipinski definition) is 1. The number of halogens is 1. The zero-order chi connectivity index (χ0) is 22.5. The maximum Gasteiger partial charge on any atom is 0.321 e. The molecule has 0 unspecified atom stereocenters. The fourth-order valence-electron chi connectivity index (χ4n) is 4.42. The average Bonchev–Trinajstić information content (AvgIpc) is 3.00. The van der Waals surface area contributed by atoms with Gasteiger partial charge in [0, 0.05) is 39.3 Å². The molecule has 2 heterocycles. The molecule has 0 aliphatic carbocycles. The number of ether oxygens (including phenoxy) is 1. The molecule has 1 atom stereocenters. The van der Waals surface area contributed by atoms with E-state index in [4.69, 9.17) is 4.74 Å². The predicted octanol–water partition coefficient (Wildman–Crippen LogP) is 3.18. The van der Waals surface area contributed by atoms with Crippen molar-refractivity contribution in [3.05, 3.63) is 59.9 Å². The number of likely N-dealkylation sites (tertiary alicyclic amines) is 1. The van der Waals surface area contributed by atoms with Gasteiger partial charge in [-0.2, -0.15) is 0 Å². The van der Waals surface area contributed by atoms with Crippen LogP contribution in [0.25, 0.3) is 0 Å². The van der Waals surface area contributed by atoms with Gasteiger partial charge in [0.1, 0.15) is 11.6 Å². The van der Waals surface area contributed by atoms with Gasteiger partial charge in [-0.25, -0.2) is 9.18 Å². The fourth-order valence-corrected chi connectivity index (χ4v) is 4.42. The quantitative estimate of drug-likeness (QED) is 0.776. The third kappa shape index (κ3) is 5.02. The molecule has 3 amide bonds. The topological polar surface area (TPSA) is 65.1 Å². The standard InChI is InChI=1S/C24H29FN4O3/c1-32-22-6-3-2-5-20(22)26-24(31)28-13-4-12-27(15-16-28)21-11-14-29(23(21)30)17-18-7-9-19(25)10-8-18/h2-3,5-10,21H,4,11-17H2,1H3,(H,26,31)/t21-/m0/s1. The van der Waals surface area contributed by atoms with Gasteiger partial charge in [-0.3, -0.25) is 9.69 Å². The van der Waals surface area contributed by atoms with Crippen LogP contribution in [0, 0.1) is 5.82 Å². The zero-order valence-electron chi connectivity index (χ0n) is 18.3. The first-order valence-electron chi connectivity index (χ1n) is 11.0. The van der Waals surface area contributed by atoms with Crippen LogP contribution in [0.1, 0.15) is 18.4 Å². The zero-order valence-corrected chi connectivity index (χ0v) is 18.3. The number of anilines is 1. The molecule has 0 spiro atoms. The highest BCUT2D eigenvalue weighted by Gasteiger charge is 2.36. The summed E-state index contributed by atoms with van der Waals surface area (Å²) in [5, 5.41) is 2.93. The number of methoxy groups -OCH3 is 1. The third-order valence-electron chi connectivity index (χ3n) is 6.16. The first-order valence-corrected chi connectivity index (χ1v) is 11.0. The van der Waals surface area contributed by atoms with Crippen molar-refractivity contribution in [3.63, 3.8) is 0 Å². The minimum Gasteiger partial charge on any atom is -0.495 e. The molecule has 0 saturated carbocycles. The molecule has 8 heteroatoms. The molecule has 170 valence electrons. The average molecular weight is 441 g/mol. The highest BCUT2D eigenvalue weighted by Crippen LogP contribution is 2.24. The number of benzene rings is 2. The number of urea groups is 1. The number of amides is 3. The van der Waals surface area contributed by atoms with Crippen LogP contribution in [-0.2, 0) is 11.3 Å². The van der Waals surface area contributed by atoms with Gasteiger partial charge in [-0.1, -0.05) is 24.3 Å². The van der Waals surface area contributed by atoms with Crippen LogP contribution in [-0.4, -0.2) is 72.5 Å². The van der Waals surface area contributed by atoms with E-state index in [1.165, 1.54) is 12.1 Å². The number of para-hydroxylation sites is 2. The lowest BCUT2D eigenvalue weighted by Gasteiger charge is -2.27. The molecule has 4 rings (SSSR count). The van der Waals surface area contributed by atoms with Crippen molar-refractivity contribution in [1.29, 1.82) is 0 Å². The van der Waals surface area contributed by atoms with Crippen LogP contribution >= 0.6 is 0 Å². The second kappa shape index (κ2) is 9.99. The van der Waals surface area contributed by atoms with Gasteiger partial charge in [0.05, 0.1) is 18.8 Å². The van der Waals surface area contributed by atoms with Crippen LogP contribution in [0.3, 0.4) is 0 Å². The van der Waals surface area contributed by atoms with Crippen LogP contribution < -0.4 is 10.1 Å². The lowest BCUT2D eigenvalue weighted by atomic mass is 10.2. The minimum atomic E-state index is -0.275. The molecule has 0 bridgehead atoms. The van der Waals surface area contributed by atoms with Crippen LogP contribution in [0.4, 0.5) is 14.9 Å². The van der Waals surface area contributed by atoms with E-state index in [2.05, 4.69) is 10.2 Å². The number of carbonyl (C=O) groups excluding carboxylic acids is 2. The molecule has 32 heavy (non-hydrogen) atoms. The lowest BCUT2D eigenvalue weighted by Crippen LogP contribution is -2.44. The number of carbonyl (C=O) groups is 2. The van der Waals surface area contributed by atoms with Gasteiger partial charge in [0.15, 0.2) is 0 Å². The Morgan fingerprint density at radius 3 is 2.62 bits per heavy atom. The molecule has 2 aliphatic rings. The SMILES string of the molecule is COc1ccccc1NC(=O)N1CCCN([C@H]2CCN(Cc3ccc(F)cc3)C2=O)CC1. The van der Waals surface area contributed by atoms with Crippen LogP contribution in [0.15, 0.2) is 48.5 Å². The fraction of sp³-hybridized carbons (Fsp3) is 0.417. The predicted molar refractivity (Wildman–Crippen MR) is 120 cm³/mol. The molecular weight excluding hydrogens is 411 g/mol. The monoisotopic (exact) mass is 440 g/mol. The summed E-state index contributed by atoms with van der Waals surface area (Å²) in [4.78, 5) is 31.7. The van der Waals surface area contributed by atoms with E-state index in [-0.39, 0.29) is 23.8 Å². The first-order chi connectivity index (χ1) is 15.5. The van der Waals surface area contributed by atoms with E-state index in [1.54, 1.807) is 24.1 Å². The first kappa shape index (κ1) is 22.1. The second-order valence-corrected chi connectivity index (χ2v) is 8.20. The number of rotatable bonds is 5. The van der Waals surface area contributed by atoms with Crippen molar-refractivity contribution in [2.75, 3.05) is 45.2 Å². The summed E-state index contributed by atoms with van der Waals surface area (Å²) < 4.78 is 18.5. The van der Waals surface area contributed by atoms with Crippen LogP contribution in [0.5, 0.6) is 5.75 Å². The Morgan fingerprint density at radius 1 is 1.06 bits per heavy atom. The van der Waals surface area contributed by atoms with Crippen molar-refractivity contribution in [2.24, 2.45) is 0 Å². The van der Waals surface area contributed by atoms with E-state index < -0.39 is 0 Å². The molecule has 2 aromatic rings. The molecule has 2 aliphatic heterocycles. The van der Waals surface area contributed by atoms with E-state index in [0.717, 1.165) is 24.9 Å². The molecule has 2 saturated heterocycles. The maximum atomic E-state index is 13.1. The smallest absolute Gasteiger partial charge is 0.321 e. The molecule has 7 nitrogen and oxygen atoms in total. The summed E-state index contributed by atoms with van der Waals surface area (Å²) in [7, 11) is 1.58. The highest BCUT2D eigenvalue weighted by atomic mass is 19.1. The van der Waals surface area contributed by atoms with Crippen molar-refractivity contribution >= 4 is 17.6 Å². The molecule has 0 aromatic heterocycles. The van der Waals surface area contributed by atoms with Gasteiger partial charge >= 0.3 is 6.03 Å². The molecular formula is C24H29FN4O3. The Kier molecular flexibility index (Phi) is 6.90. The Balaban J connectivity index is 1.32. The Bertz CT molecular complexity index is 953. The van der Waals surface area contributed by atoms with E-state index in [0.29, 0.717) is 44.2 Å². The second-order valence-electron chi connectivity index (χ2n) is 8.20. The minimum absolute atomic E-state index is 0.112. The highest BCUT2D eigenvalue weighted by molar-refractivity contribution is 5.91. The summed E-state index contributed by atoms with van der Waals surface area (Å²) in [6.07, 6.45) is 1.58. The lowest BCUT2D eigenvalue weighted by molar-refractivity contribution is -0.132. The summed E-state index contributed by atoms with van der Waals surface area (Å²) in [6, 6.07) is 13.3. The molecule has 2 fully saturated rings. The molecule has 2 aromatic carbocycles. The van der Waals surface area contributed by atoms with Crippen molar-refractivity contribution in [3.8, 4) is 5.75 Å². The largest absolute Gasteiger partial charge is 0.495 e. The Hall–Kier alpha value is -3.13. The Labute approximate surface area is 187 Å². The summed E-state index contributed by atoms with van der Waals surface area (Å²) in [5.41, 5.74) is 1.57. The molecule has 1 N–H and O–H groups in total. The van der Waals surface area contributed by atoms with Crippen molar-refractivity contribution in [1.82, 2.24) is 14.7 Å². The van der Waals surface area contributed by atoms with Gasteiger partial charge in [-0.05, 0) is 42.7 Å². The number of nitrogens with one attached hydrogen (secondary N) is 1. The van der Waals surface area contributed by atoms with Gasteiger partial charge < -0.3 is 19.9 Å². The van der Waals surface area contributed by atoms with Crippen molar-refractivity contribution < 1.29 is 18.7 Å². The Morgan fingerprint density at radius 2 is 1.84 bits per heavy atom. The number of hydrogen-bond acceptors (Lipinski definition) is 4. The summed E-state index contributed by atoms with van der Waals surface area (Å²) >= 11 is 0.